The Hall–Kier alpha value is -1.33. The lowest BCUT2D eigenvalue weighted by atomic mass is 10.3. The van der Waals surface area contributed by atoms with Gasteiger partial charge in [0.2, 0.25) is 0 Å². The van der Waals surface area contributed by atoms with E-state index in [1.165, 1.54) is 23.9 Å². The SMILES string of the molecule is CCNc1ccc(Cl)c(CSc2ccc(F)cc2F)n1. The van der Waals surface area contributed by atoms with E-state index < -0.39 is 11.6 Å². The third-order valence-electron chi connectivity index (χ3n) is 2.53. The van der Waals surface area contributed by atoms with Crippen LogP contribution < -0.4 is 5.32 Å². The molecule has 0 bridgehead atoms. The van der Waals surface area contributed by atoms with Crippen LogP contribution >= 0.6 is 23.4 Å². The van der Waals surface area contributed by atoms with Crippen LogP contribution in [0, 0.1) is 11.6 Å². The normalized spacial score (nSPS) is 10.6. The molecule has 2 nitrogen and oxygen atoms in total. The van der Waals surface area contributed by atoms with Crippen molar-refractivity contribution in [3.63, 3.8) is 0 Å². The molecule has 0 atom stereocenters. The van der Waals surface area contributed by atoms with Crippen molar-refractivity contribution in [3.8, 4) is 0 Å². The van der Waals surface area contributed by atoms with E-state index in [-0.39, 0.29) is 0 Å². The lowest BCUT2D eigenvalue weighted by Gasteiger charge is -2.08. The van der Waals surface area contributed by atoms with Gasteiger partial charge in [-0.25, -0.2) is 13.8 Å². The number of thioether (sulfide) groups is 1. The number of hydrogen-bond acceptors (Lipinski definition) is 3. The van der Waals surface area contributed by atoms with Crippen molar-refractivity contribution in [2.75, 3.05) is 11.9 Å². The topological polar surface area (TPSA) is 24.9 Å². The third kappa shape index (κ3) is 3.84. The van der Waals surface area contributed by atoms with Gasteiger partial charge in [0, 0.05) is 23.3 Å². The highest BCUT2D eigenvalue weighted by Crippen LogP contribution is 2.28. The van der Waals surface area contributed by atoms with E-state index in [2.05, 4.69) is 10.3 Å². The van der Waals surface area contributed by atoms with Crippen LogP contribution in [0.15, 0.2) is 35.2 Å². The smallest absolute Gasteiger partial charge is 0.139 e. The number of nitrogens with one attached hydrogen (secondary N) is 1. The van der Waals surface area contributed by atoms with Gasteiger partial charge in [-0.3, -0.25) is 0 Å². The molecule has 0 radical (unpaired) electrons. The largest absolute Gasteiger partial charge is 0.370 e. The molecule has 0 spiro atoms. The van der Waals surface area contributed by atoms with Gasteiger partial charge < -0.3 is 5.32 Å². The number of halogens is 3. The lowest BCUT2D eigenvalue weighted by Crippen LogP contribution is -2.01. The van der Waals surface area contributed by atoms with Crippen LogP contribution in [0.3, 0.4) is 0 Å². The van der Waals surface area contributed by atoms with Crippen molar-refractivity contribution in [2.24, 2.45) is 0 Å². The summed E-state index contributed by atoms with van der Waals surface area (Å²) in [5, 5.41) is 3.62. The molecule has 0 aliphatic carbocycles. The highest BCUT2D eigenvalue weighted by Gasteiger charge is 2.08. The molecule has 1 aromatic heterocycles. The zero-order chi connectivity index (χ0) is 14.5. The van der Waals surface area contributed by atoms with Crippen LogP contribution in [0.4, 0.5) is 14.6 Å². The predicted molar refractivity (Wildman–Crippen MR) is 79.3 cm³/mol. The van der Waals surface area contributed by atoms with Gasteiger partial charge in [-0.05, 0) is 31.2 Å². The molecule has 20 heavy (non-hydrogen) atoms. The van der Waals surface area contributed by atoms with E-state index in [4.69, 9.17) is 11.6 Å². The molecule has 106 valence electrons. The summed E-state index contributed by atoms with van der Waals surface area (Å²) in [6, 6.07) is 7.06. The van der Waals surface area contributed by atoms with E-state index in [1.807, 2.05) is 6.92 Å². The predicted octanol–water partition coefficient (Wildman–Crippen LogP) is 4.74. The Balaban J connectivity index is 2.11. The van der Waals surface area contributed by atoms with Crippen LogP contribution in [0.5, 0.6) is 0 Å². The van der Waals surface area contributed by atoms with Crippen LogP contribution in [0.25, 0.3) is 0 Å². The Labute approximate surface area is 125 Å². The number of hydrogen-bond donors (Lipinski definition) is 1. The minimum absolute atomic E-state index is 0.373. The van der Waals surface area contributed by atoms with Crippen molar-refractivity contribution < 1.29 is 8.78 Å². The highest BCUT2D eigenvalue weighted by molar-refractivity contribution is 7.98. The molecular weight excluding hydrogens is 302 g/mol. The fourth-order valence-electron chi connectivity index (χ4n) is 1.60. The van der Waals surface area contributed by atoms with E-state index in [0.717, 1.165) is 18.4 Å². The Morgan fingerprint density at radius 2 is 2.05 bits per heavy atom. The molecule has 1 N–H and O–H groups in total. The number of anilines is 1. The highest BCUT2D eigenvalue weighted by atomic mass is 35.5. The van der Waals surface area contributed by atoms with Crippen molar-refractivity contribution in [1.82, 2.24) is 4.98 Å². The summed E-state index contributed by atoms with van der Waals surface area (Å²) >= 11 is 7.30. The maximum Gasteiger partial charge on any atom is 0.139 e. The summed E-state index contributed by atoms with van der Waals surface area (Å²) in [5.74, 6) is -0.0150. The first kappa shape index (κ1) is 15.1. The summed E-state index contributed by atoms with van der Waals surface area (Å²) in [5.41, 5.74) is 0.666. The molecule has 2 rings (SSSR count). The van der Waals surface area contributed by atoms with E-state index in [9.17, 15) is 8.78 Å². The standard InChI is InChI=1S/C14H13ClF2N2S/c1-2-18-14-6-4-10(15)12(19-14)8-20-13-5-3-9(16)7-11(13)17/h3-7H,2,8H2,1H3,(H,18,19). The first-order chi connectivity index (χ1) is 9.60. The van der Waals surface area contributed by atoms with E-state index in [0.29, 0.717) is 21.4 Å². The fourth-order valence-corrected chi connectivity index (χ4v) is 2.73. The van der Waals surface area contributed by atoms with Crippen molar-refractivity contribution in [2.45, 2.75) is 17.6 Å². The van der Waals surface area contributed by atoms with Crippen molar-refractivity contribution in [3.05, 3.63) is 52.7 Å². The summed E-state index contributed by atoms with van der Waals surface area (Å²) < 4.78 is 26.3. The minimum atomic E-state index is -0.586. The molecular formula is C14H13ClF2N2S. The first-order valence-corrected chi connectivity index (χ1v) is 7.43. The number of nitrogens with zero attached hydrogens (tertiary/aromatic N) is 1. The van der Waals surface area contributed by atoms with Gasteiger partial charge in [0.25, 0.3) is 0 Å². The Morgan fingerprint density at radius 3 is 2.75 bits per heavy atom. The minimum Gasteiger partial charge on any atom is -0.370 e. The maximum atomic E-state index is 13.5. The molecule has 2 aromatic rings. The van der Waals surface area contributed by atoms with Gasteiger partial charge in [0.05, 0.1) is 10.7 Å². The lowest BCUT2D eigenvalue weighted by molar-refractivity contribution is 0.565. The number of rotatable bonds is 5. The Bertz CT molecular complexity index is 608. The van der Waals surface area contributed by atoms with E-state index in [1.54, 1.807) is 12.1 Å². The second-order valence-electron chi connectivity index (χ2n) is 4.02. The van der Waals surface area contributed by atoms with Gasteiger partial charge in [-0.15, -0.1) is 11.8 Å². The molecule has 0 amide bonds. The van der Waals surface area contributed by atoms with Crippen LogP contribution in [0.2, 0.25) is 5.02 Å². The molecule has 1 aromatic carbocycles. The van der Waals surface area contributed by atoms with Crippen LogP contribution in [0.1, 0.15) is 12.6 Å². The first-order valence-electron chi connectivity index (χ1n) is 6.07. The quantitative estimate of drug-likeness (QED) is 0.807. The summed E-state index contributed by atoms with van der Waals surface area (Å²) in [7, 11) is 0. The van der Waals surface area contributed by atoms with Gasteiger partial charge >= 0.3 is 0 Å². The number of pyridine rings is 1. The number of benzene rings is 1. The molecule has 6 heteroatoms. The maximum absolute atomic E-state index is 13.5. The Morgan fingerprint density at radius 1 is 1.25 bits per heavy atom. The van der Waals surface area contributed by atoms with Gasteiger partial charge in [0.1, 0.15) is 17.5 Å². The molecule has 0 fully saturated rings. The molecule has 0 aliphatic heterocycles. The second-order valence-corrected chi connectivity index (χ2v) is 5.44. The molecule has 0 unspecified atom stereocenters. The van der Waals surface area contributed by atoms with Gasteiger partial charge in [-0.1, -0.05) is 11.6 Å². The van der Waals surface area contributed by atoms with Crippen molar-refractivity contribution in [1.29, 1.82) is 0 Å². The fraction of sp³-hybridized carbons (Fsp3) is 0.214. The zero-order valence-corrected chi connectivity index (χ0v) is 12.4. The van der Waals surface area contributed by atoms with Gasteiger partial charge in [0.15, 0.2) is 0 Å². The zero-order valence-electron chi connectivity index (χ0n) is 10.8. The molecule has 0 aliphatic rings. The average Bonchev–Trinajstić information content (AvgIpc) is 2.41. The summed E-state index contributed by atoms with van der Waals surface area (Å²) in [4.78, 5) is 4.74. The second kappa shape index (κ2) is 6.90. The monoisotopic (exact) mass is 314 g/mol. The summed E-state index contributed by atoms with van der Waals surface area (Å²) in [6.07, 6.45) is 0. The number of aromatic nitrogens is 1. The average molecular weight is 315 g/mol. The summed E-state index contributed by atoms with van der Waals surface area (Å²) in [6.45, 7) is 2.73. The molecule has 0 saturated heterocycles. The van der Waals surface area contributed by atoms with Crippen LogP contribution in [-0.4, -0.2) is 11.5 Å². The van der Waals surface area contributed by atoms with Crippen LogP contribution in [-0.2, 0) is 5.75 Å². The Kier molecular flexibility index (Phi) is 5.20. The molecule has 1 heterocycles. The molecule has 0 saturated carbocycles. The van der Waals surface area contributed by atoms with E-state index >= 15 is 0 Å². The van der Waals surface area contributed by atoms with Crippen molar-refractivity contribution >= 4 is 29.2 Å². The third-order valence-corrected chi connectivity index (χ3v) is 3.94. The van der Waals surface area contributed by atoms with Gasteiger partial charge in [-0.2, -0.15) is 0 Å².